The fourth-order valence-electron chi connectivity index (χ4n) is 2.22. The molecule has 7 heteroatoms. The van der Waals surface area contributed by atoms with Gasteiger partial charge >= 0.3 is 6.03 Å². The summed E-state index contributed by atoms with van der Waals surface area (Å²) in [7, 11) is 0. The zero-order chi connectivity index (χ0) is 16.1. The minimum Gasteiger partial charge on any atom is -0.338 e. The highest BCUT2D eigenvalue weighted by Gasteiger charge is 2.26. The fraction of sp³-hybridized carbons (Fsp3) is 0.467. The lowest BCUT2D eigenvalue weighted by Crippen LogP contribution is -2.53. The number of nitrogens with zero attached hydrogens (tertiary/aromatic N) is 2. The molecule has 0 bridgehead atoms. The maximum atomic E-state index is 12.2. The Morgan fingerprint density at radius 2 is 1.68 bits per heavy atom. The van der Waals surface area contributed by atoms with Gasteiger partial charge in [0.15, 0.2) is 0 Å². The van der Waals surface area contributed by atoms with Crippen molar-refractivity contribution < 1.29 is 9.59 Å². The van der Waals surface area contributed by atoms with Gasteiger partial charge < -0.3 is 15.1 Å². The number of amides is 3. The van der Waals surface area contributed by atoms with Gasteiger partial charge in [0.05, 0.1) is 5.25 Å². The first-order valence-electron chi connectivity index (χ1n) is 7.14. The molecule has 1 aliphatic rings. The maximum Gasteiger partial charge on any atom is 0.321 e. The second-order valence-corrected chi connectivity index (χ2v) is 6.74. The van der Waals surface area contributed by atoms with Crippen molar-refractivity contribution >= 4 is 41.0 Å². The molecule has 1 aliphatic heterocycles. The Labute approximate surface area is 140 Å². The molecule has 1 atom stereocenters. The molecule has 0 spiro atoms. The van der Waals surface area contributed by atoms with Crippen LogP contribution in [-0.2, 0) is 4.79 Å². The third kappa shape index (κ3) is 4.30. The van der Waals surface area contributed by atoms with Crippen molar-refractivity contribution in [3.05, 3.63) is 29.3 Å². The number of piperazine rings is 1. The number of anilines is 1. The van der Waals surface area contributed by atoms with E-state index in [0.29, 0.717) is 36.9 Å². The first kappa shape index (κ1) is 17.0. The van der Waals surface area contributed by atoms with E-state index in [-0.39, 0.29) is 17.2 Å². The van der Waals surface area contributed by atoms with E-state index in [9.17, 15) is 9.59 Å². The van der Waals surface area contributed by atoms with E-state index < -0.39 is 0 Å². The molecule has 0 aromatic heterocycles. The largest absolute Gasteiger partial charge is 0.338 e. The van der Waals surface area contributed by atoms with Crippen LogP contribution in [0.3, 0.4) is 0 Å². The summed E-state index contributed by atoms with van der Waals surface area (Å²) in [6.07, 6.45) is 1.93. The molecule has 1 aromatic rings. The summed E-state index contributed by atoms with van der Waals surface area (Å²) in [6, 6.07) is 6.85. The molecule has 1 saturated heterocycles. The summed E-state index contributed by atoms with van der Waals surface area (Å²) in [4.78, 5) is 27.8. The number of benzene rings is 1. The van der Waals surface area contributed by atoms with Crippen LogP contribution in [0.15, 0.2) is 24.3 Å². The molecule has 3 amide bonds. The molecule has 2 rings (SSSR count). The number of rotatable bonds is 3. The van der Waals surface area contributed by atoms with E-state index in [1.54, 1.807) is 40.9 Å². The molecule has 1 aromatic carbocycles. The van der Waals surface area contributed by atoms with E-state index in [0.717, 1.165) is 0 Å². The number of hydrogen-bond acceptors (Lipinski definition) is 3. The van der Waals surface area contributed by atoms with Crippen molar-refractivity contribution in [2.75, 3.05) is 37.8 Å². The predicted molar refractivity (Wildman–Crippen MR) is 91.6 cm³/mol. The number of halogens is 1. The Morgan fingerprint density at radius 1 is 1.14 bits per heavy atom. The van der Waals surface area contributed by atoms with Gasteiger partial charge in [-0.15, -0.1) is 0 Å². The van der Waals surface area contributed by atoms with Crippen LogP contribution in [0.2, 0.25) is 5.02 Å². The minimum absolute atomic E-state index is 0.0329. The number of hydrogen-bond donors (Lipinski definition) is 1. The van der Waals surface area contributed by atoms with Gasteiger partial charge in [0, 0.05) is 36.9 Å². The van der Waals surface area contributed by atoms with Crippen LogP contribution in [0.4, 0.5) is 10.5 Å². The molecule has 1 N–H and O–H groups in total. The summed E-state index contributed by atoms with van der Waals surface area (Å²) < 4.78 is 0. The average Bonchev–Trinajstić information content (AvgIpc) is 2.55. The van der Waals surface area contributed by atoms with E-state index in [4.69, 9.17) is 11.6 Å². The lowest BCUT2D eigenvalue weighted by Gasteiger charge is -2.35. The zero-order valence-corrected chi connectivity index (χ0v) is 14.3. The normalized spacial score (nSPS) is 16.3. The molecule has 0 radical (unpaired) electrons. The molecule has 1 heterocycles. The Bertz CT molecular complexity index is 530. The fourth-order valence-corrected chi connectivity index (χ4v) is 2.70. The van der Waals surface area contributed by atoms with E-state index in [1.807, 2.05) is 18.1 Å². The second kappa shape index (κ2) is 7.74. The highest BCUT2D eigenvalue weighted by Crippen LogP contribution is 2.15. The third-order valence-electron chi connectivity index (χ3n) is 3.68. The Hall–Kier alpha value is -1.40. The SMILES string of the molecule is CS[C@H](C)C(=O)N1CCN(C(=O)Nc2ccc(Cl)cc2)CC1. The van der Waals surface area contributed by atoms with Crippen molar-refractivity contribution in [1.29, 1.82) is 0 Å². The smallest absolute Gasteiger partial charge is 0.321 e. The van der Waals surface area contributed by atoms with Crippen LogP contribution in [0.25, 0.3) is 0 Å². The van der Waals surface area contributed by atoms with Gasteiger partial charge in [-0.05, 0) is 37.4 Å². The standard InChI is InChI=1S/C15H20ClN3O2S/c1-11(22-2)14(20)18-7-9-19(10-8-18)15(21)17-13-5-3-12(16)4-6-13/h3-6,11H,7-10H2,1-2H3,(H,17,21)/t11-/m1/s1. The highest BCUT2D eigenvalue weighted by molar-refractivity contribution is 7.99. The lowest BCUT2D eigenvalue weighted by atomic mass is 10.3. The van der Waals surface area contributed by atoms with Gasteiger partial charge in [-0.25, -0.2) is 4.79 Å². The monoisotopic (exact) mass is 341 g/mol. The van der Waals surface area contributed by atoms with Gasteiger partial charge in [0.2, 0.25) is 5.91 Å². The first-order chi connectivity index (χ1) is 10.5. The van der Waals surface area contributed by atoms with Gasteiger partial charge in [-0.1, -0.05) is 11.6 Å². The summed E-state index contributed by atoms with van der Waals surface area (Å²) in [5.41, 5.74) is 0.712. The highest BCUT2D eigenvalue weighted by atomic mass is 35.5. The second-order valence-electron chi connectivity index (χ2n) is 5.13. The topological polar surface area (TPSA) is 52.7 Å². The number of carbonyl (C=O) groups excluding carboxylic acids is 2. The Kier molecular flexibility index (Phi) is 5.97. The van der Waals surface area contributed by atoms with E-state index in [1.165, 1.54) is 0 Å². The Balaban J connectivity index is 1.84. The van der Waals surface area contributed by atoms with Crippen LogP contribution in [0, 0.1) is 0 Å². The third-order valence-corrected chi connectivity index (χ3v) is 4.84. The van der Waals surface area contributed by atoms with Crippen molar-refractivity contribution in [1.82, 2.24) is 9.80 Å². The summed E-state index contributed by atoms with van der Waals surface area (Å²) in [5.74, 6) is 0.144. The molecule has 120 valence electrons. The molecule has 0 unspecified atom stereocenters. The van der Waals surface area contributed by atoms with E-state index >= 15 is 0 Å². The predicted octanol–water partition coefficient (Wildman–Crippen LogP) is 2.77. The number of carbonyl (C=O) groups is 2. The van der Waals surface area contributed by atoms with Crippen molar-refractivity contribution in [3.8, 4) is 0 Å². The Morgan fingerprint density at radius 3 is 2.23 bits per heavy atom. The molecule has 5 nitrogen and oxygen atoms in total. The van der Waals surface area contributed by atoms with Crippen LogP contribution >= 0.6 is 23.4 Å². The number of nitrogens with one attached hydrogen (secondary N) is 1. The number of urea groups is 1. The minimum atomic E-state index is -0.146. The van der Waals surface area contributed by atoms with Crippen molar-refractivity contribution in [2.24, 2.45) is 0 Å². The van der Waals surface area contributed by atoms with Gasteiger partial charge in [0.25, 0.3) is 0 Å². The molecular formula is C15H20ClN3O2S. The first-order valence-corrected chi connectivity index (χ1v) is 8.81. The summed E-state index contributed by atoms with van der Waals surface area (Å²) >= 11 is 7.36. The average molecular weight is 342 g/mol. The number of thioether (sulfide) groups is 1. The zero-order valence-electron chi connectivity index (χ0n) is 12.7. The quantitative estimate of drug-likeness (QED) is 0.919. The van der Waals surface area contributed by atoms with Gasteiger partial charge in [-0.2, -0.15) is 11.8 Å². The molecular weight excluding hydrogens is 322 g/mol. The molecule has 1 fully saturated rings. The van der Waals surface area contributed by atoms with Crippen molar-refractivity contribution in [3.63, 3.8) is 0 Å². The maximum absolute atomic E-state index is 12.2. The van der Waals surface area contributed by atoms with Crippen LogP contribution in [0.5, 0.6) is 0 Å². The molecule has 22 heavy (non-hydrogen) atoms. The van der Waals surface area contributed by atoms with Crippen LogP contribution in [0.1, 0.15) is 6.92 Å². The lowest BCUT2D eigenvalue weighted by molar-refractivity contribution is -0.131. The molecule has 0 aliphatic carbocycles. The van der Waals surface area contributed by atoms with Crippen molar-refractivity contribution in [2.45, 2.75) is 12.2 Å². The summed E-state index contributed by atoms with van der Waals surface area (Å²) in [6.45, 7) is 4.17. The van der Waals surface area contributed by atoms with Gasteiger partial charge in [0.1, 0.15) is 0 Å². The van der Waals surface area contributed by atoms with Crippen LogP contribution < -0.4 is 5.32 Å². The summed E-state index contributed by atoms with van der Waals surface area (Å²) in [5, 5.41) is 3.44. The molecule has 0 saturated carbocycles. The van der Waals surface area contributed by atoms with E-state index in [2.05, 4.69) is 5.32 Å². The van der Waals surface area contributed by atoms with Crippen LogP contribution in [-0.4, -0.2) is 59.4 Å². The van der Waals surface area contributed by atoms with Gasteiger partial charge in [-0.3, -0.25) is 4.79 Å².